The van der Waals surface area contributed by atoms with Crippen molar-refractivity contribution in [2.75, 3.05) is 20.0 Å². The van der Waals surface area contributed by atoms with Crippen molar-refractivity contribution < 1.29 is 9.47 Å². The first-order chi connectivity index (χ1) is 12.6. The molecule has 2 aromatic heterocycles. The van der Waals surface area contributed by atoms with Gasteiger partial charge in [0.25, 0.3) is 0 Å². The van der Waals surface area contributed by atoms with Gasteiger partial charge in [-0.05, 0) is 29.3 Å². The van der Waals surface area contributed by atoms with Crippen LogP contribution in [-0.2, 0) is 13.5 Å². The van der Waals surface area contributed by atoms with Crippen LogP contribution >= 0.6 is 0 Å². The van der Waals surface area contributed by atoms with Crippen LogP contribution in [0.5, 0.6) is 11.5 Å². The number of rotatable bonds is 3. The van der Waals surface area contributed by atoms with Crippen LogP contribution in [0.2, 0.25) is 0 Å². The lowest BCUT2D eigenvalue weighted by molar-refractivity contribution is 0.355. The molecular weight excluding hydrogens is 330 g/mol. The molecule has 2 heterocycles. The molecule has 0 spiro atoms. The molecule has 1 aliphatic carbocycles. The van der Waals surface area contributed by atoms with Crippen LogP contribution in [0.1, 0.15) is 16.7 Å². The van der Waals surface area contributed by atoms with Gasteiger partial charge < -0.3 is 15.2 Å². The molecule has 3 aromatic rings. The number of nitriles is 1. The molecule has 0 saturated heterocycles. The number of nitrogens with two attached hydrogens (primary N) is 1. The van der Waals surface area contributed by atoms with Gasteiger partial charge in [0.2, 0.25) is 0 Å². The molecule has 0 unspecified atom stereocenters. The fourth-order valence-corrected chi connectivity index (χ4v) is 3.53. The van der Waals surface area contributed by atoms with E-state index < -0.39 is 0 Å². The number of hydrogen-bond acceptors (Lipinski definition) is 6. The molecule has 7 heteroatoms. The van der Waals surface area contributed by atoms with Crippen LogP contribution in [0.4, 0.5) is 5.82 Å². The van der Waals surface area contributed by atoms with E-state index in [9.17, 15) is 5.26 Å². The second-order valence-electron chi connectivity index (χ2n) is 6.07. The van der Waals surface area contributed by atoms with Crippen molar-refractivity contribution in [1.82, 2.24) is 14.8 Å². The Bertz CT molecular complexity index is 1080. The molecule has 2 N–H and O–H groups in total. The van der Waals surface area contributed by atoms with Gasteiger partial charge in [0.15, 0.2) is 11.5 Å². The van der Waals surface area contributed by atoms with Crippen molar-refractivity contribution in [2.45, 2.75) is 6.42 Å². The maximum absolute atomic E-state index is 9.66. The van der Waals surface area contributed by atoms with Gasteiger partial charge in [-0.2, -0.15) is 10.4 Å². The van der Waals surface area contributed by atoms with Crippen LogP contribution in [0.15, 0.2) is 24.4 Å². The van der Waals surface area contributed by atoms with Gasteiger partial charge in [0, 0.05) is 30.8 Å². The predicted molar refractivity (Wildman–Crippen MR) is 96.9 cm³/mol. The summed E-state index contributed by atoms with van der Waals surface area (Å²) < 4.78 is 12.6. The van der Waals surface area contributed by atoms with Crippen molar-refractivity contribution in [3.05, 3.63) is 41.1 Å². The molecule has 0 aliphatic heterocycles. The third kappa shape index (κ3) is 2.12. The number of pyridine rings is 1. The highest BCUT2D eigenvalue weighted by Gasteiger charge is 2.29. The van der Waals surface area contributed by atoms with Gasteiger partial charge >= 0.3 is 0 Å². The third-order valence-corrected chi connectivity index (χ3v) is 4.75. The Morgan fingerprint density at radius 3 is 2.58 bits per heavy atom. The fraction of sp³-hybridized carbons (Fsp3) is 0.211. The zero-order chi connectivity index (χ0) is 18.4. The van der Waals surface area contributed by atoms with Gasteiger partial charge in [0.1, 0.15) is 17.5 Å². The van der Waals surface area contributed by atoms with Gasteiger partial charge in [-0.15, -0.1) is 0 Å². The molecule has 0 bridgehead atoms. The molecule has 4 rings (SSSR count). The lowest BCUT2D eigenvalue weighted by Crippen LogP contribution is -2.05. The van der Waals surface area contributed by atoms with E-state index in [0.717, 1.165) is 33.6 Å². The quantitative estimate of drug-likeness (QED) is 0.611. The molecule has 130 valence electrons. The molecule has 26 heavy (non-hydrogen) atoms. The number of methoxy groups -OCH3 is 2. The monoisotopic (exact) mass is 347 g/mol. The Morgan fingerprint density at radius 1 is 1.23 bits per heavy atom. The van der Waals surface area contributed by atoms with E-state index in [2.05, 4.69) is 16.2 Å². The SMILES string of the molecule is COc1cc2c(cc1OC)-c1nc(N)c(C#N)c(-c3ccnn3C)c1C2. The summed E-state index contributed by atoms with van der Waals surface area (Å²) in [5.41, 5.74) is 11.8. The Morgan fingerprint density at radius 2 is 1.96 bits per heavy atom. The van der Waals surface area contributed by atoms with E-state index in [1.54, 1.807) is 25.1 Å². The van der Waals surface area contributed by atoms with Crippen LogP contribution in [0, 0.1) is 11.3 Å². The Balaban J connectivity index is 2.03. The summed E-state index contributed by atoms with van der Waals surface area (Å²) in [6, 6.07) is 7.94. The van der Waals surface area contributed by atoms with Crippen molar-refractivity contribution in [1.29, 1.82) is 5.26 Å². The molecule has 1 aromatic carbocycles. The molecule has 0 atom stereocenters. The minimum atomic E-state index is 0.213. The van der Waals surface area contributed by atoms with Gasteiger partial charge in [-0.25, -0.2) is 4.98 Å². The normalized spacial score (nSPS) is 11.6. The number of nitrogens with zero attached hydrogens (tertiary/aromatic N) is 4. The lowest BCUT2D eigenvalue weighted by Gasteiger charge is -2.13. The largest absolute Gasteiger partial charge is 0.493 e. The first-order valence-electron chi connectivity index (χ1n) is 8.05. The van der Waals surface area contributed by atoms with E-state index in [-0.39, 0.29) is 5.82 Å². The van der Waals surface area contributed by atoms with Crippen molar-refractivity contribution in [3.63, 3.8) is 0 Å². The van der Waals surface area contributed by atoms with Gasteiger partial charge in [-0.1, -0.05) is 0 Å². The standard InChI is InChI=1S/C19H17N5O2/c1-24-14(4-5-22-24)17-12-6-10-7-15(25-2)16(26-3)8-11(10)18(12)23-19(21)13(17)9-20/h4-5,7-8H,6H2,1-3H3,(H2,21,23). The molecular formula is C19H17N5O2. The summed E-state index contributed by atoms with van der Waals surface area (Å²) in [6.07, 6.45) is 2.33. The predicted octanol–water partition coefficient (Wildman–Crippen LogP) is 2.52. The Kier molecular flexibility index (Phi) is 3.55. The van der Waals surface area contributed by atoms with Crippen molar-refractivity contribution in [2.24, 2.45) is 7.05 Å². The highest BCUT2D eigenvalue weighted by atomic mass is 16.5. The third-order valence-electron chi connectivity index (χ3n) is 4.75. The minimum Gasteiger partial charge on any atom is -0.493 e. The summed E-state index contributed by atoms with van der Waals surface area (Å²) in [7, 11) is 5.05. The van der Waals surface area contributed by atoms with Crippen LogP contribution in [-0.4, -0.2) is 29.0 Å². The fourth-order valence-electron chi connectivity index (χ4n) is 3.53. The summed E-state index contributed by atoms with van der Waals surface area (Å²) >= 11 is 0. The van der Waals surface area contributed by atoms with Crippen molar-refractivity contribution >= 4 is 5.82 Å². The van der Waals surface area contributed by atoms with E-state index in [1.165, 1.54) is 0 Å². The Hall–Kier alpha value is -3.53. The van der Waals surface area contributed by atoms with E-state index in [4.69, 9.17) is 15.2 Å². The second-order valence-corrected chi connectivity index (χ2v) is 6.07. The average molecular weight is 347 g/mol. The zero-order valence-electron chi connectivity index (χ0n) is 14.7. The minimum absolute atomic E-state index is 0.213. The maximum Gasteiger partial charge on any atom is 0.161 e. The topological polar surface area (TPSA) is 99.0 Å². The second kappa shape index (κ2) is 5.77. The molecule has 7 nitrogen and oxygen atoms in total. The highest BCUT2D eigenvalue weighted by molar-refractivity contribution is 5.88. The summed E-state index contributed by atoms with van der Waals surface area (Å²) in [4.78, 5) is 4.53. The van der Waals surface area contributed by atoms with Gasteiger partial charge in [-0.3, -0.25) is 4.68 Å². The highest BCUT2D eigenvalue weighted by Crippen LogP contribution is 2.46. The molecule has 0 amide bonds. The molecule has 0 radical (unpaired) electrons. The average Bonchev–Trinajstić information content (AvgIpc) is 3.22. The first-order valence-corrected chi connectivity index (χ1v) is 8.05. The summed E-state index contributed by atoms with van der Waals surface area (Å²) in [5.74, 6) is 1.51. The number of aromatic nitrogens is 3. The van der Waals surface area contributed by atoms with Crippen LogP contribution in [0.25, 0.3) is 22.5 Å². The van der Waals surface area contributed by atoms with Crippen molar-refractivity contribution in [3.8, 4) is 40.1 Å². The number of anilines is 1. The summed E-state index contributed by atoms with van der Waals surface area (Å²) in [5, 5.41) is 13.9. The number of fused-ring (bicyclic) bond motifs is 3. The lowest BCUT2D eigenvalue weighted by atomic mass is 9.98. The van der Waals surface area contributed by atoms with Gasteiger partial charge in [0.05, 0.1) is 25.6 Å². The van der Waals surface area contributed by atoms with Crippen LogP contribution in [0.3, 0.4) is 0 Å². The number of hydrogen-bond donors (Lipinski definition) is 1. The number of aryl methyl sites for hydroxylation is 1. The molecule has 0 saturated carbocycles. The van der Waals surface area contributed by atoms with E-state index in [0.29, 0.717) is 23.5 Å². The zero-order valence-corrected chi connectivity index (χ0v) is 14.7. The molecule has 0 fully saturated rings. The smallest absolute Gasteiger partial charge is 0.161 e. The van der Waals surface area contributed by atoms with Crippen LogP contribution < -0.4 is 15.2 Å². The van der Waals surface area contributed by atoms with E-state index in [1.807, 2.05) is 25.2 Å². The Labute approximate surface area is 150 Å². The molecule has 1 aliphatic rings. The maximum atomic E-state index is 9.66. The number of benzene rings is 1. The number of nitrogen functional groups attached to an aromatic ring is 1. The first kappa shape index (κ1) is 16.0. The summed E-state index contributed by atoms with van der Waals surface area (Å²) in [6.45, 7) is 0. The van der Waals surface area contributed by atoms with E-state index >= 15 is 0 Å². The number of ether oxygens (including phenoxy) is 2.